The predicted molar refractivity (Wildman–Crippen MR) is 76.0 cm³/mol. The molecule has 2 rings (SSSR count). The molecule has 2 nitrogen and oxygen atoms in total. The van der Waals surface area contributed by atoms with Crippen LogP contribution >= 0.6 is 27.5 Å². The number of aliphatic hydroxyl groups excluding tert-OH is 1. The highest BCUT2D eigenvalue weighted by Crippen LogP contribution is 2.23. The molecule has 0 aliphatic heterocycles. The highest BCUT2D eigenvalue weighted by atomic mass is 79.9. The Morgan fingerprint density at radius 3 is 2.53 bits per heavy atom. The molecule has 100 valence electrons. The van der Waals surface area contributed by atoms with Gasteiger partial charge in [0.1, 0.15) is 12.7 Å². The van der Waals surface area contributed by atoms with E-state index < -0.39 is 11.9 Å². The van der Waals surface area contributed by atoms with Crippen LogP contribution in [0.5, 0.6) is 5.75 Å². The van der Waals surface area contributed by atoms with Crippen molar-refractivity contribution < 1.29 is 14.2 Å². The van der Waals surface area contributed by atoms with Crippen LogP contribution in [0.4, 0.5) is 4.39 Å². The Balaban J connectivity index is 2.00. The number of ether oxygens (including phenoxy) is 1. The molecule has 1 atom stereocenters. The van der Waals surface area contributed by atoms with E-state index in [1.807, 2.05) is 0 Å². The fraction of sp³-hybridized carbons (Fsp3) is 0.143. The van der Waals surface area contributed by atoms with Crippen LogP contribution in [0, 0.1) is 5.82 Å². The lowest BCUT2D eigenvalue weighted by Crippen LogP contribution is -2.10. The van der Waals surface area contributed by atoms with E-state index in [4.69, 9.17) is 16.3 Å². The van der Waals surface area contributed by atoms with Crippen LogP contribution in [-0.4, -0.2) is 11.7 Å². The number of hydrogen-bond acceptors (Lipinski definition) is 2. The van der Waals surface area contributed by atoms with E-state index in [0.717, 1.165) is 0 Å². The molecule has 0 aliphatic carbocycles. The van der Waals surface area contributed by atoms with Crippen molar-refractivity contribution in [3.63, 3.8) is 0 Å². The zero-order valence-electron chi connectivity index (χ0n) is 9.82. The van der Waals surface area contributed by atoms with Crippen molar-refractivity contribution in [3.05, 3.63) is 63.3 Å². The van der Waals surface area contributed by atoms with E-state index >= 15 is 0 Å². The van der Waals surface area contributed by atoms with Crippen molar-refractivity contribution in [2.75, 3.05) is 6.61 Å². The summed E-state index contributed by atoms with van der Waals surface area (Å²) in [4.78, 5) is 0. The second kappa shape index (κ2) is 6.37. The van der Waals surface area contributed by atoms with E-state index in [1.165, 1.54) is 12.1 Å². The van der Waals surface area contributed by atoms with E-state index in [0.29, 0.717) is 15.1 Å². The van der Waals surface area contributed by atoms with E-state index in [2.05, 4.69) is 15.9 Å². The summed E-state index contributed by atoms with van der Waals surface area (Å²) in [7, 11) is 0. The van der Waals surface area contributed by atoms with Gasteiger partial charge in [0.25, 0.3) is 0 Å². The van der Waals surface area contributed by atoms with Gasteiger partial charge in [0.2, 0.25) is 0 Å². The Hall–Kier alpha value is -1.10. The zero-order valence-corrected chi connectivity index (χ0v) is 12.2. The molecule has 0 heterocycles. The van der Waals surface area contributed by atoms with Gasteiger partial charge in [0, 0.05) is 9.50 Å². The Kier molecular flexibility index (Phi) is 4.80. The standard InChI is InChI=1S/C14H11BrClFO2/c15-10-3-6-14(12(17)7-10)19-8-13(18)9-1-4-11(16)5-2-9/h1-7,13,18H,8H2. The zero-order chi connectivity index (χ0) is 13.8. The molecule has 0 aliphatic rings. The fourth-order valence-corrected chi connectivity index (χ4v) is 2.00. The molecular formula is C14H11BrClFO2. The van der Waals surface area contributed by atoms with Crippen LogP contribution in [0.15, 0.2) is 46.9 Å². The van der Waals surface area contributed by atoms with E-state index in [1.54, 1.807) is 30.3 Å². The summed E-state index contributed by atoms with van der Waals surface area (Å²) in [6.45, 7) is -0.0276. The van der Waals surface area contributed by atoms with Gasteiger partial charge in [0.05, 0.1) is 0 Å². The number of rotatable bonds is 4. The fourth-order valence-electron chi connectivity index (χ4n) is 1.54. The van der Waals surface area contributed by atoms with Crippen molar-refractivity contribution in [3.8, 4) is 5.75 Å². The molecule has 0 amide bonds. The molecule has 5 heteroatoms. The lowest BCUT2D eigenvalue weighted by molar-refractivity contribution is 0.106. The molecule has 0 bridgehead atoms. The Labute approximate surface area is 123 Å². The van der Waals surface area contributed by atoms with Crippen molar-refractivity contribution >= 4 is 27.5 Å². The average molecular weight is 346 g/mol. The molecule has 0 radical (unpaired) electrons. The van der Waals surface area contributed by atoms with Crippen LogP contribution in [0.2, 0.25) is 5.02 Å². The first-order chi connectivity index (χ1) is 9.06. The third kappa shape index (κ3) is 3.93. The first-order valence-electron chi connectivity index (χ1n) is 5.57. The summed E-state index contributed by atoms with van der Waals surface area (Å²) >= 11 is 8.92. The first kappa shape index (κ1) is 14.3. The highest BCUT2D eigenvalue weighted by molar-refractivity contribution is 9.10. The van der Waals surface area contributed by atoms with Crippen molar-refractivity contribution in [1.29, 1.82) is 0 Å². The molecule has 2 aromatic carbocycles. The SMILES string of the molecule is OC(COc1ccc(Br)cc1F)c1ccc(Cl)cc1. The first-order valence-corrected chi connectivity index (χ1v) is 6.75. The molecule has 2 aromatic rings. The second-order valence-corrected chi connectivity index (χ2v) is 5.31. The van der Waals surface area contributed by atoms with Crippen molar-refractivity contribution in [2.24, 2.45) is 0 Å². The smallest absolute Gasteiger partial charge is 0.166 e. The lowest BCUT2D eigenvalue weighted by atomic mass is 10.1. The summed E-state index contributed by atoms with van der Waals surface area (Å²) in [6.07, 6.45) is -0.833. The summed E-state index contributed by atoms with van der Waals surface area (Å²) in [5.74, 6) is -0.367. The van der Waals surface area contributed by atoms with Gasteiger partial charge in [-0.2, -0.15) is 0 Å². The molecule has 1 unspecified atom stereocenters. The Morgan fingerprint density at radius 1 is 1.21 bits per heavy atom. The van der Waals surface area contributed by atoms with Crippen LogP contribution in [-0.2, 0) is 0 Å². The van der Waals surface area contributed by atoms with Crippen LogP contribution in [0.25, 0.3) is 0 Å². The minimum absolute atomic E-state index is 0.0276. The summed E-state index contributed by atoms with van der Waals surface area (Å²) in [6, 6.07) is 11.3. The molecule has 19 heavy (non-hydrogen) atoms. The maximum atomic E-state index is 13.5. The van der Waals surface area contributed by atoms with Crippen LogP contribution in [0.1, 0.15) is 11.7 Å². The van der Waals surface area contributed by atoms with Crippen LogP contribution < -0.4 is 4.74 Å². The maximum Gasteiger partial charge on any atom is 0.166 e. The summed E-state index contributed by atoms with van der Waals surface area (Å²) in [5, 5.41) is 10.5. The van der Waals surface area contributed by atoms with Gasteiger partial charge in [0.15, 0.2) is 11.6 Å². The van der Waals surface area contributed by atoms with Crippen molar-refractivity contribution in [1.82, 2.24) is 0 Å². The second-order valence-electron chi connectivity index (χ2n) is 3.95. The molecule has 0 aromatic heterocycles. The molecular weight excluding hydrogens is 335 g/mol. The topological polar surface area (TPSA) is 29.5 Å². The normalized spacial score (nSPS) is 12.2. The number of hydrogen-bond donors (Lipinski definition) is 1. The summed E-state index contributed by atoms with van der Waals surface area (Å²) in [5.41, 5.74) is 0.668. The van der Waals surface area contributed by atoms with E-state index in [9.17, 15) is 9.50 Å². The molecule has 0 spiro atoms. The van der Waals surface area contributed by atoms with E-state index in [-0.39, 0.29) is 12.4 Å². The minimum atomic E-state index is -0.833. The summed E-state index contributed by atoms with van der Waals surface area (Å²) < 4.78 is 19.4. The quantitative estimate of drug-likeness (QED) is 0.892. The number of aliphatic hydroxyl groups is 1. The van der Waals surface area contributed by atoms with Gasteiger partial charge in [-0.25, -0.2) is 4.39 Å². The molecule has 0 saturated carbocycles. The van der Waals surface area contributed by atoms with Gasteiger partial charge in [-0.15, -0.1) is 0 Å². The van der Waals surface area contributed by atoms with Gasteiger partial charge in [-0.1, -0.05) is 39.7 Å². The average Bonchev–Trinajstić information content (AvgIpc) is 2.38. The minimum Gasteiger partial charge on any atom is -0.487 e. The molecule has 1 N–H and O–H groups in total. The van der Waals surface area contributed by atoms with Gasteiger partial charge in [-0.05, 0) is 35.9 Å². The predicted octanol–water partition coefficient (Wildman–Crippen LogP) is 4.35. The van der Waals surface area contributed by atoms with Crippen molar-refractivity contribution in [2.45, 2.75) is 6.10 Å². The molecule has 0 saturated heterocycles. The monoisotopic (exact) mass is 344 g/mol. The maximum absolute atomic E-state index is 13.5. The van der Waals surface area contributed by atoms with Gasteiger partial charge in [-0.3, -0.25) is 0 Å². The van der Waals surface area contributed by atoms with Gasteiger partial charge < -0.3 is 9.84 Å². The van der Waals surface area contributed by atoms with Gasteiger partial charge >= 0.3 is 0 Å². The highest BCUT2D eigenvalue weighted by Gasteiger charge is 2.10. The number of halogens is 3. The van der Waals surface area contributed by atoms with Crippen LogP contribution in [0.3, 0.4) is 0 Å². The number of benzene rings is 2. The third-order valence-electron chi connectivity index (χ3n) is 2.55. The Bertz CT molecular complexity index is 560. The largest absolute Gasteiger partial charge is 0.487 e. The Morgan fingerprint density at radius 2 is 1.89 bits per heavy atom. The lowest BCUT2D eigenvalue weighted by Gasteiger charge is -2.13. The molecule has 0 fully saturated rings. The third-order valence-corrected chi connectivity index (χ3v) is 3.29.